The molecule has 1 aliphatic heterocycles. The third kappa shape index (κ3) is 4.01. The van der Waals surface area contributed by atoms with Crippen LogP contribution in [0.5, 0.6) is 0 Å². The smallest absolute Gasteiger partial charge is 0.416 e. The van der Waals surface area contributed by atoms with Crippen molar-refractivity contribution in [3.05, 3.63) is 47.4 Å². The minimum absolute atomic E-state index is 0.135. The van der Waals surface area contributed by atoms with Gasteiger partial charge in [0.2, 0.25) is 0 Å². The number of alkyl halides is 3. The van der Waals surface area contributed by atoms with E-state index < -0.39 is 17.6 Å². The predicted octanol–water partition coefficient (Wildman–Crippen LogP) is 4.00. The molecule has 2 heterocycles. The molecule has 1 aromatic heterocycles. The second kappa shape index (κ2) is 7.41. The van der Waals surface area contributed by atoms with Gasteiger partial charge in [0, 0.05) is 13.1 Å². The summed E-state index contributed by atoms with van der Waals surface area (Å²) in [6, 6.07) is 4.92. The molecule has 0 aliphatic carbocycles. The number of nitrogens with one attached hydrogen (secondary N) is 1. The lowest BCUT2D eigenvalue weighted by molar-refractivity contribution is -0.137. The highest BCUT2D eigenvalue weighted by atomic mass is 19.4. The number of carbonyl (C=O) groups is 1. The third-order valence-corrected chi connectivity index (χ3v) is 4.39. The fourth-order valence-electron chi connectivity index (χ4n) is 3.02. The number of rotatable bonds is 4. The summed E-state index contributed by atoms with van der Waals surface area (Å²) in [6.07, 6.45) is -0.213. The number of anilines is 2. The number of amides is 1. The fourth-order valence-corrected chi connectivity index (χ4v) is 3.02. The SMILES string of the molecule is NCc1cc(C(=O)Nc2cc(C(F)(F)F)ccc2N2CCCCC2)co1. The molecular formula is C18H20F3N3O2. The second-order valence-corrected chi connectivity index (χ2v) is 6.24. The van der Waals surface area contributed by atoms with E-state index in [4.69, 9.17) is 10.2 Å². The van der Waals surface area contributed by atoms with Crippen molar-refractivity contribution >= 4 is 17.3 Å². The van der Waals surface area contributed by atoms with Gasteiger partial charge in [0.1, 0.15) is 12.0 Å². The number of benzene rings is 1. The van der Waals surface area contributed by atoms with Crippen LogP contribution in [-0.4, -0.2) is 19.0 Å². The van der Waals surface area contributed by atoms with Gasteiger partial charge in [-0.15, -0.1) is 0 Å². The van der Waals surface area contributed by atoms with Crippen LogP contribution in [-0.2, 0) is 12.7 Å². The van der Waals surface area contributed by atoms with E-state index in [2.05, 4.69) is 5.32 Å². The maximum absolute atomic E-state index is 13.1. The quantitative estimate of drug-likeness (QED) is 0.857. The molecule has 3 N–H and O–H groups in total. The van der Waals surface area contributed by atoms with Gasteiger partial charge in [-0.1, -0.05) is 0 Å². The third-order valence-electron chi connectivity index (χ3n) is 4.39. The Morgan fingerprint density at radius 2 is 1.92 bits per heavy atom. The Morgan fingerprint density at radius 3 is 2.54 bits per heavy atom. The van der Waals surface area contributed by atoms with Gasteiger partial charge in [-0.25, -0.2) is 0 Å². The van der Waals surface area contributed by atoms with E-state index in [0.717, 1.165) is 44.5 Å². The van der Waals surface area contributed by atoms with Crippen molar-refractivity contribution < 1.29 is 22.4 Å². The van der Waals surface area contributed by atoms with Gasteiger partial charge in [-0.05, 0) is 43.5 Å². The first-order chi connectivity index (χ1) is 12.4. The molecule has 0 saturated carbocycles. The maximum atomic E-state index is 13.1. The van der Waals surface area contributed by atoms with E-state index >= 15 is 0 Å². The molecule has 1 aliphatic rings. The highest BCUT2D eigenvalue weighted by Crippen LogP contribution is 2.36. The molecule has 0 radical (unpaired) electrons. The summed E-state index contributed by atoms with van der Waals surface area (Å²) in [4.78, 5) is 14.4. The van der Waals surface area contributed by atoms with Crippen LogP contribution in [0.2, 0.25) is 0 Å². The van der Waals surface area contributed by atoms with Crippen molar-refractivity contribution in [2.24, 2.45) is 5.73 Å². The monoisotopic (exact) mass is 367 g/mol. The summed E-state index contributed by atoms with van der Waals surface area (Å²) in [6.45, 7) is 1.63. The minimum atomic E-state index is -4.48. The Morgan fingerprint density at radius 1 is 1.19 bits per heavy atom. The molecule has 0 bridgehead atoms. The largest absolute Gasteiger partial charge is 0.467 e. The van der Waals surface area contributed by atoms with Crippen LogP contribution < -0.4 is 16.0 Å². The summed E-state index contributed by atoms with van der Waals surface area (Å²) < 4.78 is 44.4. The minimum Gasteiger partial charge on any atom is -0.467 e. The van der Waals surface area contributed by atoms with Crippen LogP contribution in [0.15, 0.2) is 34.9 Å². The molecule has 26 heavy (non-hydrogen) atoms. The van der Waals surface area contributed by atoms with Crippen molar-refractivity contribution in [2.75, 3.05) is 23.3 Å². The van der Waals surface area contributed by atoms with Crippen molar-refractivity contribution in [3.63, 3.8) is 0 Å². The maximum Gasteiger partial charge on any atom is 0.416 e. The molecule has 0 atom stereocenters. The summed E-state index contributed by atoms with van der Waals surface area (Å²) >= 11 is 0. The molecule has 2 aromatic rings. The number of carbonyl (C=O) groups excluding carboxylic acids is 1. The van der Waals surface area contributed by atoms with Gasteiger partial charge in [0.15, 0.2) is 0 Å². The number of furan rings is 1. The van der Waals surface area contributed by atoms with Crippen LogP contribution in [0.3, 0.4) is 0 Å². The van der Waals surface area contributed by atoms with Gasteiger partial charge in [-0.2, -0.15) is 13.2 Å². The molecule has 8 heteroatoms. The van der Waals surface area contributed by atoms with Crippen LogP contribution in [0, 0.1) is 0 Å². The average Bonchev–Trinajstić information content (AvgIpc) is 3.11. The molecule has 1 saturated heterocycles. The highest BCUT2D eigenvalue weighted by Gasteiger charge is 2.32. The van der Waals surface area contributed by atoms with Gasteiger partial charge >= 0.3 is 6.18 Å². The highest BCUT2D eigenvalue weighted by molar-refractivity contribution is 6.06. The zero-order valence-corrected chi connectivity index (χ0v) is 14.1. The zero-order chi connectivity index (χ0) is 18.7. The lowest BCUT2D eigenvalue weighted by atomic mass is 10.1. The Hall–Kier alpha value is -2.48. The Kier molecular flexibility index (Phi) is 5.22. The van der Waals surface area contributed by atoms with E-state index in [1.165, 1.54) is 18.4 Å². The Bertz CT molecular complexity index is 780. The Balaban J connectivity index is 1.91. The molecule has 1 fully saturated rings. The molecule has 5 nitrogen and oxygen atoms in total. The van der Waals surface area contributed by atoms with Gasteiger partial charge in [-0.3, -0.25) is 4.79 Å². The second-order valence-electron chi connectivity index (χ2n) is 6.24. The molecule has 0 spiro atoms. The zero-order valence-electron chi connectivity index (χ0n) is 14.1. The molecule has 1 amide bonds. The molecule has 3 rings (SSSR count). The summed E-state index contributed by atoms with van der Waals surface area (Å²) in [5, 5.41) is 2.59. The number of hydrogen-bond donors (Lipinski definition) is 2. The van der Waals surface area contributed by atoms with E-state index in [1.807, 2.05) is 4.90 Å². The lowest BCUT2D eigenvalue weighted by Gasteiger charge is -2.31. The molecular weight excluding hydrogens is 347 g/mol. The molecule has 0 unspecified atom stereocenters. The van der Waals surface area contributed by atoms with E-state index in [0.29, 0.717) is 11.4 Å². The van der Waals surface area contributed by atoms with Crippen LogP contribution >= 0.6 is 0 Å². The van der Waals surface area contributed by atoms with E-state index in [-0.39, 0.29) is 17.8 Å². The lowest BCUT2D eigenvalue weighted by Crippen LogP contribution is -2.30. The number of hydrogen-bond acceptors (Lipinski definition) is 4. The molecule has 140 valence electrons. The van der Waals surface area contributed by atoms with E-state index in [1.54, 1.807) is 0 Å². The normalized spacial score (nSPS) is 15.2. The van der Waals surface area contributed by atoms with E-state index in [9.17, 15) is 18.0 Å². The number of nitrogens with two attached hydrogens (primary N) is 1. The van der Waals surface area contributed by atoms with Crippen LogP contribution in [0.25, 0.3) is 0 Å². The van der Waals surface area contributed by atoms with Gasteiger partial charge in [0.05, 0.1) is 29.0 Å². The topological polar surface area (TPSA) is 71.5 Å². The van der Waals surface area contributed by atoms with Gasteiger partial charge in [0.25, 0.3) is 5.91 Å². The summed E-state index contributed by atoms with van der Waals surface area (Å²) in [5.41, 5.74) is 5.59. The summed E-state index contributed by atoms with van der Waals surface area (Å²) in [5.74, 6) is -0.110. The van der Waals surface area contributed by atoms with Crippen LogP contribution in [0.1, 0.15) is 40.9 Å². The van der Waals surface area contributed by atoms with Crippen molar-refractivity contribution in [1.29, 1.82) is 0 Å². The number of piperidine rings is 1. The van der Waals surface area contributed by atoms with Crippen molar-refractivity contribution in [3.8, 4) is 0 Å². The standard InChI is InChI=1S/C18H20F3N3O2/c19-18(20,21)13-4-5-16(24-6-2-1-3-7-24)15(9-13)23-17(25)12-8-14(10-22)26-11-12/h4-5,8-9,11H,1-3,6-7,10,22H2,(H,23,25). The van der Waals surface area contributed by atoms with Crippen LogP contribution in [0.4, 0.5) is 24.5 Å². The predicted molar refractivity (Wildman–Crippen MR) is 92.1 cm³/mol. The fraction of sp³-hybridized carbons (Fsp3) is 0.389. The Labute approximate surface area is 149 Å². The average molecular weight is 367 g/mol. The molecule has 1 aromatic carbocycles. The summed E-state index contributed by atoms with van der Waals surface area (Å²) in [7, 11) is 0. The van der Waals surface area contributed by atoms with Crippen molar-refractivity contribution in [2.45, 2.75) is 32.0 Å². The first kappa shape index (κ1) is 18.3. The first-order valence-electron chi connectivity index (χ1n) is 8.43. The number of nitrogens with zero attached hydrogens (tertiary/aromatic N) is 1. The van der Waals surface area contributed by atoms with Gasteiger partial charge < -0.3 is 20.4 Å². The first-order valence-corrected chi connectivity index (χ1v) is 8.43. The number of halogens is 3. The van der Waals surface area contributed by atoms with Crippen molar-refractivity contribution in [1.82, 2.24) is 0 Å².